The highest BCUT2D eigenvalue weighted by Gasteiger charge is 2.15. The minimum Gasteiger partial charge on any atom is -0.480 e. The van der Waals surface area contributed by atoms with Gasteiger partial charge >= 0.3 is 5.97 Å². The summed E-state index contributed by atoms with van der Waals surface area (Å²) in [5.41, 5.74) is 7.23. The van der Waals surface area contributed by atoms with E-state index in [4.69, 9.17) is 10.8 Å². The second-order valence-electron chi connectivity index (χ2n) is 4.36. The van der Waals surface area contributed by atoms with Gasteiger partial charge in [-0.1, -0.05) is 5.21 Å². The van der Waals surface area contributed by atoms with Crippen LogP contribution >= 0.6 is 15.9 Å². The summed E-state index contributed by atoms with van der Waals surface area (Å²) >= 11 is 3.11. The van der Waals surface area contributed by atoms with E-state index in [0.29, 0.717) is 21.4 Å². The topological polar surface area (TPSA) is 94.0 Å². The predicted octanol–water partition coefficient (Wildman–Crippen LogP) is 1.43. The Kier molecular flexibility index (Phi) is 4.15. The van der Waals surface area contributed by atoms with Crippen molar-refractivity contribution in [1.82, 2.24) is 15.0 Å². The van der Waals surface area contributed by atoms with E-state index in [0.717, 1.165) is 0 Å². The van der Waals surface area contributed by atoms with Gasteiger partial charge in [0.2, 0.25) is 0 Å². The molecular formula is C12H12BrFN4O2. The number of nitrogens with zero attached hydrogens (tertiary/aromatic N) is 3. The lowest BCUT2D eigenvalue weighted by atomic mass is 10.2. The average molecular weight is 343 g/mol. The van der Waals surface area contributed by atoms with Crippen LogP contribution in [0.4, 0.5) is 4.39 Å². The lowest BCUT2D eigenvalue weighted by Gasteiger charge is -2.06. The fourth-order valence-corrected chi connectivity index (χ4v) is 2.04. The van der Waals surface area contributed by atoms with Crippen LogP contribution in [0.2, 0.25) is 0 Å². The van der Waals surface area contributed by atoms with Gasteiger partial charge in [-0.15, -0.1) is 5.10 Å². The van der Waals surface area contributed by atoms with Gasteiger partial charge in [0.15, 0.2) is 0 Å². The predicted molar refractivity (Wildman–Crippen MR) is 73.1 cm³/mol. The molecule has 1 aromatic carbocycles. The minimum absolute atomic E-state index is 0.0801. The summed E-state index contributed by atoms with van der Waals surface area (Å²) in [5, 5.41) is 16.5. The molecule has 1 unspecified atom stereocenters. The molecule has 3 N–H and O–H groups in total. The SMILES string of the molecule is Cc1cc(F)c(Br)cc1-n1cc(CC(N)C(=O)O)nn1. The van der Waals surface area contributed by atoms with Gasteiger partial charge in [-0.3, -0.25) is 4.79 Å². The number of hydrogen-bond donors (Lipinski definition) is 2. The molecular weight excluding hydrogens is 331 g/mol. The molecule has 0 aliphatic heterocycles. The molecule has 0 bridgehead atoms. The van der Waals surface area contributed by atoms with Crippen molar-refractivity contribution in [3.63, 3.8) is 0 Å². The first kappa shape index (κ1) is 14.6. The van der Waals surface area contributed by atoms with Gasteiger partial charge in [-0.05, 0) is 40.5 Å². The molecule has 8 heteroatoms. The molecule has 1 atom stereocenters. The van der Waals surface area contributed by atoms with E-state index in [1.165, 1.54) is 10.7 Å². The molecule has 0 amide bonds. The molecule has 2 rings (SSSR count). The summed E-state index contributed by atoms with van der Waals surface area (Å²) < 4.78 is 15.1. The Bertz CT molecular complexity index is 659. The first-order chi connectivity index (χ1) is 9.38. The Hall–Kier alpha value is -1.80. The van der Waals surface area contributed by atoms with E-state index >= 15 is 0 Å². The summed E-state index contributed by atoms with van der Waals surface area (Å²) in [4.78, 5) is 10.7. The molecule has 6 nitrogen and oxygen atoms in total. The highest BCUT2D eigenvalue weighted by Crippen LogP contribution is 2.23. The third-order valence-corrected chi connectivity index (χ3v) is 3.38. The zero-order valence-electron chi connectivity index (χ0n) is 10.5. The number of nitrogens with two attached hydrogens (primary N) is 1. The number of hydrogen-bond acceptors (Lipinski definition) is 4. The number of halogens is 2. The fraction of sp³-hybridized carbons (Fsp3) is 0.250. The van der Waals surface area contributed by atoms with Crippen LogP contribution in [0.1, 0.15) is 11.3 Å². The molecule has 0 saturated heterocycles. The second kappa shape index (κ2) is 5.68. The van der Waals surface area contributed by atoms with E-state index in [1.54, 1.807) is 19.2 Å². The molecule has 0 saturated carbocycles. The molecule has 0 radical (unpaired) electrons. The van der Waals surface area contributed by atoms with Crippen LogP contribution in [0, 0.1) is 12.7 Å². The monoisotopic (exact) mass is 342 g/mol. The van der Waals surface area contributed by atoms with Crippen LogP contribution in [0.3, 0.4) is 0 Å². The molecule has 20 heavy (non-hydrogen) atoms. The fourth-order valence-electron chi connectivity index (χ4n) is 1.70. The van der Waals surface area contributed by atoms with Crippen LogP contribution in [-0.4, -0.2) is 32.1 Å². The van der Waals surface area contributed by atoms with Gasteiger partial charge in [0.1, 0.15) is 11.9 Å². The highest BCUT2D eigenvalue weighted by atomic mass is 79.9. The second-order valence-corrected chi connectivity index (χ2v) is 5.21. The summed E-state index contributed by atoms with van der Waals surface area (Å²) in [6, 6.07) is 1.94. The summed E-state index contributed by atoms with van der Waals surface area (Å²) in [5.74, 6) is -1.46. The van der Waals surface area contributed by atoms with Gasteiger partial charge < -0.3 is 10.8 Å². The van der Waals surface area contributed by atoms with E-state index < -0.39 is 12.0 Å². The van der Waals surface area contributed by atoms with E-state index in [2.05, 4.69) is 26.2 Å². The van der Waals surface area contributed by atoms with Crippen molar-refractivity contribution in [3.8, 4) is 5.69 Å². The quantitative estimate of drug-likeness (QED) is 0.876. The smallest absolute Gasteiger partial charge is 0.320 e. The van der Waals surface area contributed by atoms with Crippen molar-refractivity contribution < 1.29 is 14.3 Å². The Balaban J connectivity index is 2.29. The molecule has 2 aromatic rings. The highest BCUT2D eigenvalue weighted by molar-refractivity contribution is 9.10. The molecule has 0 aliphatic carbocycles. The molecule has 1 aromatic heterocycles. The first-order valence-corrected chi connectivity index (χ1v) is 6.53. The Morgan fingerprint density at radius 3 is 2.95 bits per heavy atom. The number of carboxylic acids is 1. The number of benzene rings is 1. The van der Waals surface area contributed by atoms with E-state index in [1.807, 2.05) is 0 Å². The van der Waals surface area contributed by atoms with Crippen molar-refractivity contribution in [2.75, 3.05) is 0 Å². The zero-order chi connectivity index (χ0) is 14.9. The normalized spacial score (nSPS) is 12.4. The number of aliphatic carboxylic acids is 1. The number of rotatable bonds is 4. The van der Waals surface area contributed by atoms with Crippen LogP contribution in [0.25, 0.3) is 5.69 Å². The molecule has 1 heterocycles. The maximum Gasteiger partial charge on any atom is 0.320 e. The summed E-state index contributed by atoms with van der Waals surface area (Å²) in [6.07, 6.45) is 1.66. The average Bonchev–Trinajstić information content (AvgIpc) is 2.82. The molecule has 0 aliphatic rings. The standard InChI is InChI=1S/C12H12BrFN4O2/c1-6-2-9(14)8(13)4-11(6)18-5-7(16-17-18)3-10(15)12(19)20/h2,4-5,10H,3,15H2,1H3,(H,19,20). The largest absolute Gasteiger partial charge is 0.480 e. The van der Waals surface area contributed by atoms with Crippen molar-refractivity contribution >= 4 is 21.9 Å². The lowest BCUT2D eigenvalue weighted by Crippen LogP contribution is -2.32. The van der Waals surface area contributed by atoms with Gasteiger partial charge in [-0.25, -0.2) is 9.07 Å². The number of aryl methyl sites for hydroxylation is 1. The van der Waals surface area contributed by atoms with Crippen molar-refractivity contribution in [3.05, 3.63) is 39.9 Å². The van der Waals surface area contributed by atoms with Gasteiger partial charge in [0.25, 0.3) is 0 Å². The maximum atomic E-state index is 13.4. The first-order valence-electron chi connectivity index (χ1n) is 5.74. The maximum absolute atomic E-state index is 13.4. The van der Waals surface area contributed by atoms with E-state index in [-0.39, 0.29) is 12.2 Å². The number of carbonyl (C=O) groups is 1. The third-order valence-electron chi connectivity index (χ3n) is 2.77. The zero-order valence-corrected chi connectivity index (χ0v) is 12.1. The van der Waals surface area contributed by atoms with Crippen molar-refractivity contribution in [2.24, 2.45) is 5.73 Å². The summed E-state index contributed by atoms with van der Waals surface area (Å²) in [6.45, 7) is 1.75. The lowest BCUT2D eigenvalue weighted by molar-refractivity contribution is -0.138. The van der Waals surface area contributed by atoms with Gasteiger partial charge in [0, 0.05) is 6.42 Å². The number of aromatic nitrogens is 3. The van der Waals surface area contributed by atoms with Crippen LogP contribution < -0.4 is 5.73 Å². The van der Waals surface area contributed by atoms with Gasteiger partial charge in [0.05, 0.1) is 22.1 Å². The minimum atomic E-state index is -1.10. The molecule has 0 fully saturated rings. The van der Waals surface area contributed by atoms with Crippen LogP contribution in [0.5, 0.6) is 0 Å². The Labute approximate surface area is 122 Å². The Morgan fingerprint density at radius 1 is 1.60 bits per heavy atom. The van der Waals surface area contributed by atoms with Crippen molar-refractivity contribution in [1.29, 1.82) is 0 Å². The van der Waals surface area contributed by atoms with Crippen LogP contribution in [0.15, 0.2) is 22.8 Å². The van der Waals surface area contributed by atoms with Crippen LogP contribution in [-0.2, 0) is 11.2 Å². The van der Waals surface area contributed by atoms with E-state index in [9.17, 15) is 9.18 Å². The Morgan fingerprint density at radius 2 is 2.30 bits per heavy atom. The summed E-state index contributed by atoms with van der Waals surface area (Å²) in [7, 11) is 0. The third kappa shape index (κ3) is 3.02. The number of carboxylic acid groups (broad SMARTS) is 1. The molecule has 106 valence electrons. The molecule has 0 spiro atoms. The van der Waals surface area contributed by atoms with Gasteiger partial charge in [-0.2, -0.15) is 0 Å². The van der Waals surface area contributed by atoms with Crippen molar-refractivity contribution in [2.45, 2.75) is 19.4 Å².